The highest BCUT2D eigenvalue weighted by molar-refractivity contribution is 7.14. The fraction of sp³-hybridized carbons (Fsp3) is 0.312. The van der Waals surface area contributed by atoms with Crippen molar-refractivity contribution in [3.05, 3.63) is 40.9 Å². The van der Waals surface area contributed by atoms with Gasteiger partial charge in [-0.2, -0.15) is 0 Å². The minimum Gasteiger partial charge on any atom is -0.497 e. The Kier molecular flexibility index (Phi) is 4.57. The fourth-order valence-electron chi connectivity index (χ4n) is 2.42. The Bertz CT molecular complexity index is 706. The average Bonchev–Trinajstić information content (AvgIpc) is 3.26. The molecule has 1 saturated heterocycles. The first-order valence-electron chi connectivity index (χ1n) is 7.37. The van der Waals surface area contributed by atoms with Gasteiger partial charge in [-0.1, -0.05) is 0 Å². The molecule has 2 amide bonds. The highest BCUT2D eigenvalue weighted by Crippen LogP contribution is 2.20. The number of carbonyl (C=O) groups excluding carboxylic acids is 2. The summed E-state index contributed by atoms with van der Waals surface area (Å²) < 4.78 is 5.06. The first-order valence-corrected chi connectivity index (χ1v) is 8.25. The molecular weight excluding hydrogens is 314 g/mol. The summed E-state index contributed by atoms with van der Waals surface area (Å²) in [4.78, 5) is 30.4. The molecule has 1 aliphatic heterocycles. The third-order valence-electron chi connectivity index (χ3n) is 3.69. The lowest BCUT2D eigenvalue weighted by molar-refractivity contribution is 0.0787. The van der Waals surface area contributed by atoms with Crippen molar-refractivity contribution in [2.45, 2.75) is 12.8 Å². The average molecular weight is 331 g/mol. The van der Waals surface area contributed by atoms with Crippen LogP contribution < -0.4 is 10.1 Å². The zero-order valence-electron chi connectivity index (χ0n) is 12.7. The fourth-order valence-corrected chi connectivity index (χ4v) is 3.10. The van der Waals surface area contributed by atoms with Gasteiger partial charge in [-0.05, 0) is 37.1 Å². The molecule has 23 heavy (non-hydrogen) atoms. The van der Waals surface area contributed by atoms with E-state index in [0.717, 1.165) is 25.9 Å². The molecule has 1 aromatic carbocycles. The molecule has 1 fully saturated rings. The van der Waals surface area contributed by atoms with Crippen molar-refractivity contribution in [1.82, 2.24) is 9.88 Å². The van der Waals surface area contributed by atoms with Crippen molar-refractivity contribution < 1.29 is 14.3 Å². The summed E-state index contributed by atoms with van der Waals surface area (Å²) in [5, 5.41) is 4.83. The SMILES string of the molecule is COc1ccc(C(=O)Nc2nc(C(=O)N3CCCC3)cs2)cc1. The molecule has 1 N–H and O–H groups in total. The summed E-state index contributed by atoms with van der Waals surface area (Å²) >= 11 is 1.25. The Morgan fingerprint density at radius 3 is 2.57 bits per heavy atom. The van der Waals surface area contributed by atoms with Crippen molar-refractivity contribution in [2.24, 2.45) is 0 Å². The summed E-state index contributed by atoms with van der Waals surface area (Å²) in [5.74, 6) is 0.361. The van der Waals surface area contributed by atoms with Gasteiger partial charge >= 0.3 is 0 Å². The van der Waals surface area contributed by atoms with Crippen molar-refractivity contribution >= 4 is 28.3 Å². The lowest BCUT2D eigenvalue weighted by Crippen LogP contribution is -2.27. The van der Waals surface area contributed by atoms with Crippen LogP contribution in [0.1, 0.15) is 33.7 Å². The van der Waals surface area contributed by atoms with Gasteiger partial charge in [0.15, 0.2) is 5.13 Å². The molecule has 0 spiro atoms. The summed E-state index contributed by atoms with van der Waals surface area (Å²) in [6, 6.07) is 6.80. The van der Waals surface area contributed by atoms with Crippen molar-refractivity contribution in [3.63, 3.8) is 0 Å². The van der Waals surface area contributed by atoms with Crippen LogP contribution in [0.5, 0.6) is 5.75 Å². The highest BCUT2D eigenvalue weighted by Gasteiger charge is 2.22. The second-order valence-electron chi connectivity index (χ2n) is 5.22. The molecule has 6 nitrogen and oxygen atoms in total. The topological polar surface area (TPSA) is 71.5 Å². The number of carbonyl (C=O) groups is 2. The number of hydrogen-bond acceptors (Lipinski definition) is 5. The molecule has 3 rings (SSSR count). The third-order valence-corrected chi connectivity index (χ3v) is 4.45. The molecule has 2 heterocycles. The van der Waals surface area contributed by atoms with Crippen LogP contribution in [-0.4, -0.2) is 41.9 Å². The molecule has 0 unspecified atom stereocenters. The Hall–Kier alpha value is -2.41. The Balaban J connectivity index is 1.65. The van der Waals surface area contributed by atoms with Gasteiger partial charge in [0.05, 0.1) is 7.11 Å². The van der Waals surface area contributed by atoms with E-state index >= 15 is 0 Å². The molecule has 7 heteroatoms. The maximum absolute atomic E-state index is 12.2. The van der Waals surface area contributed by atoms with E-state index in [1.165, 1.54) is 11.3 Å². The van der Waals surface area contributed by atoms with E-state index in [1.807, 2.05) is 0 Å². The highest BCUT2D eigenvalue weighted by atomic mass is 32.1. The second kappa shape index (κ2) is 6.78. The number of nitrogens with one attached hydrogen (secondary N) is 1. The van der Waals surface area contributed by atoms with E-state index in [-0.39, 0.29) is 11.8 Å². The summed E-state index contributed by atoms with van der Waals surface area (Å²) in [6.07, 6.45) is 2.08. The quantitative estimate of drug-likeness (QED) is 0.935. The summed E-state index contributed by atoms with van der Waals surface area (Å²) in [6.45, 7) is 1.56. The number of ether oxygens (including phenoxy) is 1. The third kappa shape index (κ3) is 3.50. The predicted octanol–water partition coefficient (Wildman–Crippen LogP) is 2.64. The van der Waals surface area contributed by atoms with Crippen LogP contribution in [0.3, 0.4) is 0 Å². The number of amides is 2. The summed E-state index contributed by atoms with van der Waals surface area (Å²) in [7, 11) is 1.57. The van der Waals surface area contributed by atoms with Crippen molar-refractivity contribution in [2.75, 3.05) is 25.5 Å². The normalized spacial score (nSPS) is 13.9. The van der Waals surface area contributed by atoms with Gasteiger partial charge in [-0.15, -0.1) is 11.3 Å². The van der Waals surface area contributed by atoms with Crippen LogP contribution in [0.25, 0.3) is 0 Å². The number of likely N-dealkylation sites (tertiary alicyclic amines) is 1. The maximum Gasteiger partial charge on any atom is 0.273 e. The Morgan fingerprint density at radius 2 is 1.91 bits per heavy atom. The minimum absolute atomic E-state index is 0.0660. The first-order chi connectivity index (χ1) is 11.2. The minimum atomic E-state index is -0.262. The second-order valence-corrected chi connectivity index (χ2v) is 6.08. The molecule has 0 radical (unpaired) electrons. The molecule has 0 atom stereocenters. The van der Waals surface area contributed by atoms with Gasteiger partial charge in [0.1, 0.15) is 11.4 Å². The van der Waals surface area contributed by atoms with Crippen molar-refractivity contribution in [3.8, 4) is 5.75 Å². The number of methoxy groups -OCH3 is 1. The zero-order chi connectivity index (χ0) is 16.2. The number of thiazole rings is 1. The molecule has 1 aromatic heterocycles. The smallest absolute Gasteiger partial charge is 0.273 e. The van der Waals surface area contributed by atoms with E-state index < -0.39 is 0 Å². The van der Waals surface area contributed by atoms with E-state index in [2.05, 4.69) is 10.3 Å². The predicted molar refractivity (Wildman–Crippen MR) is 88.2 cm³/mol. The van der Waals surface area contributed by atoms with Crippen LogP contribution in [0.2, 0.25) is 0 Å². The van der Waals surface area contributed by atoms with Crippen LogP contribution in [0, 0.1) is 0 Å². The van der Waals surface area contributed by atoms with Crippen molar-refractivity contribution in [1.29, 1.82) is 0 Å². The van der Waals surface area contributed by atoms with Crippen LogP contribution >= 0.6 is 11.3 Å². The van der Waals surface area contributed by atoms with Gasteiger partial charge in [0.2, 0.25) is 0 Å². The van der Waals surface area contributed by atoms with Gasteiger partial charge in [0.25, 0.3) is 11.8 Å². The zero-order valence-corrected chi connectivity index (χ0v) is 13.6. The molecule has 0 saturated carbocycles. The Labute approximate surface area is 138 Å². The lowest BCUT2D eigenvalue weighted by Gasteiger charge is -2.12. The Morgan fingerprint density at radius 1 is 1.22 bits per heavy atom. The molecule has 0 aliphatic carbocycles. The van der Waals surface area contributed by atoms with E-state index in [4.69, 9.17) is 4.74 Å². The first kappa shape index (κ1) is 15.5. The van der Waals surface area contributed by atoms with E-state index in [9.17, 15) is 9.59 Å². The number of anilines is 1. The molecule has 120 valence electrons. The molecule has 0 bridgehead atoms. The molecule has 2 aromatic rings. The summed E-state index contributed by atoms with van der Waals surface area (Å²) in [5.41, 5.74) is 0.898. The molecular formula is C16H17N3O3S. The van der Waals surface area contributed by atoms with Gasteiger partial charge in [-0.3, -0.25) is 14.9 Å². The standard InChI is InChI=1S/C16H17N3O3S/c1-22-12-6-4-11(5-7-12)14(20)18-16-17-13(10-23-16)15(21)19-8-2-3-9-19/h4-7,10H,2-3,8-9H2,1H3,(H,17,18,20). The number of hydrogen-bond donors (Lipinski definition) is 1. The maximum atomic E-state index is 12.2. The number of rotatable bonds is 4. The van der Waals surface area contributed by atoms with Crippen LogP contribution in [0.15, 0.2) is 29.6 Å². The van der Waals surface area contributed by atoms with E-state index in [0.29, 0.717) is 22.1 Å². The molecule has 1 aliphatic rings. The van der Waals surface area contributed by atoms with Gasteiger partial charge in [-0.25, -0.2) is 4.98 Å². The monoisotopic (exact) mass is 331 g/mol. The number of aromatic nitrogens is 1. The number of nitrogens with zero attached hydrogens (tertiary/aromatic N) is 2. The van der Waals surface area contributed by atoms with Gasteiger partial charge in [0, 0.05) is 24.0 Å². The van der Waals surface area contributed by atoms with Crippen LogP contribution in [-0.2, 0) is 0 Å². The number of benzene rings is 1. The largest absolute Gasteiger partial charge is 0.497 e. The van der Waals surface area contributed by atoms with Crippen LogP contribution in [0.4, 0.5) is 5.13 Å². The van der Waals surface area contributed by atoms with E-state index in [1.54, 1.807) is 41.7 Å². The van der Waals surface area contributed by atoms with Gasteiger partial charge < -0.3 is 9.64 Å². The lowest BCUT2D eigenvalue weighted by atomic mass is 10.2.